The van der Waals surface area contributed by atoms with Crippen LogP contribution in [0.3, 0.4) is 0 Å². The summed E-state index contributed by atoms with van der Waals surface area (Å²) in [6, 6.07) is 3.90. The summed E-state index contributed by atoms with van der Waals surface area (Å²) in [6.45, 7) is 4.46. The van der Waals surface area contributed by atoms with E-state index in [1.165, 1.54) is 39.9 Å². The summed E-state index contributed by atoms with van der Waals surface area (Å²) in [5.74, 6) is 1.76. The van der Waals surface area contributed by atoms with Gasteiger partial charge in [-0.25, -0.2) is 4.98 Å². The zero-order valence-electron chi connectivity index (χ0n) is 12.4. The molecule has 3 aromatic heterocycles. The molecule has 22 heavy (non-hydrogen) atoms. The highest BCUT2D eigenvalue weighted by atomic mass is 32.1. The van der Waals surface area contributed by atoms with Gasteiger partial charge in [-0.05, 0) is 25.0 Å². The lowest BCUT2D eigenvalue weighted by Crippen LogP contribution is -3.13. The van der Waals surface area contributed by atoms with Crippen molar-refractivity contribution in [3.63, 3.8) is 0 Å². The number of piperidine rings is 1. The standard InChI is InChI=1S/C15H18N4O2S/c1-10-4-2-6-18(8-10)12(11-5-3-7-21-11)13-14(20)19-15(22-13)16-9-17-19/h3,5,7,9-10,12,20H,2,4,6,8H2,1H3/p+1/t10-,12-/m0/s1. The average molecular weight is 319 g/mol. The molecule has 3 aromatic rings. The summed E-state index contributed by atoms with van der Waals surface area (Å²) >= 11 is 1.49. The number of hydrogen-bond acceptors (Lipinski definition) is 5. The molecule has 0 aliphatic carbocycles. The Morgan fingerprint density at radius 1 is 1.55 bits per heavy atom. The molecule has 1 aliphatic rings. The quantitative estimate of drug-likeness (QED) is 0.767. The molecule has 4 rings (SSSR count). The fraction of sp³-hybridized carbons (Fsp3) is 0.467. The molecule has 116 valence electrons. The van der Waals surface area contributed by atoms with Gasteiger partial charge >= 0.3 is 0 Å². The van der Waals surface area contributed by atoms with Crippen molar-refractivity contribution >= 4 is 16.3 Å². The molecule has 7 heteroatoms. The molecule has 3 atom stereocenters. The third-order valence-corrected chi connectivity index (χ3v) is 5.54. The van der Waals surface area contributed by atoms with Gasteiger partial charge in [-0.1, -0.05) is 18.3 Å². The van der Waals surface area contributed by atoms with Crippen LogP contribution in [-0.2, 0) is 0 Å². The van der Waals surface area contributed by atoms with Crippen molar-refractivity contribution in [2.45, 2.75) is 25.8 Å². The number of nitrogens with zero attached hydrogens (tertiary/aromatic N) is 3. The zero-order valence-corrected chi connectivity index (χ0v) is 13.2. The first-order valence-corrected chi connectivity index (χ1v) is 8.45. The van der Waals surface area contributed by atoms with E-state index in [0.29, 0.717) is 10.9 Å². The first kappa shape index (κ1) is 13.8. The maximum Gasteiger partial charge on any atom is 0.235 e. The number of hydrogen-bond donors (Lipinski definition) is 2. The van der Waals surface area contributed by atoms with Gasteiger partial charge in [0.1, 0.15) is 11.2 Å². The first-order chi connectivity index (χ1) is 10.7. The van der Waals surface area contributed by atoms with Crippen molar-refractivity contribution in [1.82, 2.24) is 14.6 Å². The van der Waals surface area contributed by atoms with Gasteiger partial charge in [0, 0.05) is 5.92 Å². The van der Waals surface area contributed by atoms with Gasteiger partial charge in [0.25, 0.3) is 0 Å². The summed E-state index contributed by atoms with van der Waals surface area (Å²) in [5.41, 5.74) is 0. The van der Waals surface area contributed by atoms with Crippen LogP contribution >= 0.6 is 11.3 Å². The smallest absolute Gasteiger partial charge is 0.235 e. The SMILES string of the molecule is C[C@H]1CCC[NH+]([C@@H](c2ccco2)c2sc3ncnn3c2O)C1. The molecule has 1 unspecified atom stereocenters. The second kappa shape index (κ2) is 5.40. The van der Waals surface area contributed by atoms with E-state index in [1.807, 2.05) is 12.1 Å². The van der Waals surface area contributed by atoms with Crippen molar-refractivity contribution in [2.75, 3.05) is 13.1 Å². The molecule has 1 fully saturated rings. The number of likely N-dealkylation sites (tertiary alicyclic amines) is 1. The van der Waals surface area contributed by atoms with Crippen molar-refractivity contribution < 1.29 is 14.4 Å². The van der Waals surface area contributed by atoms with E-state index < -0.39 is 0 Å². The molecule has 0 radical (unpaired) electrons. The van der Waals surface area contributed by atoms with Gasteiger partial charge < -0.3 is 14.4 Å². The van der Waals surface area contributed by atoms with E-state index in [4.69, 9.17) is 4.42 Å². The highest BCUT2D eigenvalue weighted by molar-refractivity contribution is 7.17. The number of quaternary nitrogens is 1. The number of aromatic nitrogens is 3. The third kappa shape index (κ3) is 2.21. The third-order valence-electron chi connectivity index (χ3n) is 4.44. The summed E-state index contributed by atoms with van der Waals surface area (Å²) in [7, 11) is 0. The van der Waals surface area contributed by atoms with Gasteiger partial charge in [0.05, 0.1) is 19.4 Å². The number of furan rings is 1. The molecule has 0 aromatic carbocycles. The minimum atomic E-state index is 0.00579. The molecule has 0 amide bonds. The number of thiazole rings is 1. The first-order valence-electron chi connectivity index (χ1n) is 7.63. The highest BCUT2D eigenvalue weighted by Crippen LogP contribution is 2.35. The number of aromatic hydroxyl groups is 1. The Bertz CT molecular complexity index is 764. The lowest BCUT2D eigenvalue weighted by Gasteiger charge is -2.32. The van der Waals surface area contributed by atoms with E-state index in [2.05, 4.69) is 17.0 Å². The molecule has 2 N–H and O–H groups in total. The van der Waals surface area contributed by atoms with Gasteiger partial charge in [-0.2, -0.15) is 9.61 Å². The Morgan fingerprint density at radius 3 is 3.18 bits per heavy atom. The molecule has 4 heterocycles. The van der Waals surface area contributed by atoms with Crippen LogP contribution in [0.25, 0.3) is 4.96 Å². The lowest BCUT2D eigenvalue weighted by molar-refractivity contribution is -0.934. The summed E-state index contributed by atoms with van der Waals surface area (Å²) in [4.78, 5) is 7.23. The van der Waals surface area contributed by atoms with Crippen molar-refractivity contribution in [2.24, 2.45) is 5.92 Å². The van der Waals surface area contributed by atoms with Crippen LogP contribution in [0.5, 0.6) is 5.88 Å². The van der Waals surface area contributed by atoms with Crippen molar-refractivity contribution in [3.05, 3.63) is 35.4 Å². The summed E-state index contributed by atoms with van der Waals surface area (Å²) in [5, 5.41) is 14.6. The second-order valence-electron chi connectivity index (χ2n) is 6.05. The molecule has 1 saturated heterocycles. The molecular formula is C15H19N4O2S+. The highest BCUT2D eigenvalue weighted by Gasteiger charge is 2.36. The minimum absolute atomic E-state index is 0.00579. The Kier molecular flexibility index (Phi) is 3.38. The molecule has 0 saturated carbocycles. The van der Waals surface area contributed by atoms with Crippen LogP contribution in [0, 0.1) is 5.92 Å². The van der Waals surface area contributed by atoms with Gasteiger partial charge in [-0.3, -0.25) is 0 Å². The number of rotatable bonds is 3. The van der Waals surface area contributed by atoms with Crippen LogP contribution in [0.4, 0.5) is 0 Å². The number of nitrogens with one attached hydrogen (secondary N) is 1. The maximum absolute atomic E-state index is 10.6. The zero-order chi connectivity index (χ0) is 15.1. The van der Waals surface area contributed by atoms with Crippen LogP contribution in [0.2, 0.25) is 0 Å². The minimum Gasteiger partial charge on any atom is -0.492 e. The van der Waals surface area contributed by atoms with Crippen LogP contribution < -0.4 is 4.90 Å². The normalized spacial score (nSPS) is 23.9. The van der Waals surface area contributed by atoms with Gasteiger partial charge in [0.15, 0.2) is 11.8 Å². The van der Waals surface area contributed by atoms with Crippen molar-refractivity contribution in [1.29, 1.82) is 0 Å². The van der Waals surface area contributed by atoms with Gasteiger partial charge in [-0.15, -0.1) is 0 Å². The van der Waals surface area contributed by atoms with Gasteiger partial charge in [0.2, 0.25) is 10.8 Å². The Hall–Kier alpha value is -1.86. The maximum atomic E-state index is 10.6. The largest absolute Gasteiger partial charge is 0.492 e. The van der Waals surface area contributed by atoms with Crippen LogP contribution in [0.15, 0.2) is 29.1 Å². The Balaban J connectivity index is 1.79. The molecule has 0 spiro atoms. The lowest BCUT2D eigenvalue weighted by atomic mass is 9.97. The fourth-order valence-electron chi connectivity index (χ4n) is 3.44. The van der Waals surface area contributed by atoms with E-state index in [0.717, 1.165) is 23.7 Å². The van der Waals surface area contributed by atoms with E-state index in [1.54, 1.807) is 6.26 Å². The Morgan fingerprint density at radius 2 is 2.45 bits per heavy atom. The summed E-state index contributed by atoms with van der Waals surface area (Å²) in [6.07, 6.45) is 5.64. The monoisotopic (exact) mass is 319 g/mol. The molecule has 1 aliphatic heterocycles. The molecular weight excluding hydrogens is 300 g/mol. The topological polar surface area (TPSA) is 68.0 Å². The van der Waals surface area contributed by atoms with E-state index in [-0.39, 0.29) is 11.9 Å². The molecule has 0 bridgehead atoms. The number of fused-ring (bicyclic) bond motifs is 1. The predicted molar refractivity (Wildman–Crippen MR) is 82.2 cm³/mol. The second-order valence-corrected chi connectivity index (χ2v) is 7.06. The molecule has 6 nitrogen and oxygen atoms in total. The predicted octanol–water partition coefficient (Wildman–Crippen LogP) is 1.49. The fourth-order valence-corrected chi connectivity index (χ4v) is 4.54. The Labute approximate surface area is 132 Å². The van der Waals surface area contributed by atoms with Crippen LogP contribution in [0.1, 0.15) is 36.4 Å². The van der Waals surface area contributed by atoms with Crippen LogP contribution in [-0.4, -0.2) is 32.8 Å². The summed E-state index contributed by atoms with van der Waals surface area (Å²) < 4.78 is 7.19. The average Bonchev–Trinajstić information content (AvgIpc) is 3.21. The van der Waals surface area contributed by atoms with E-state index in [9.17, 15) is 5.11 Å². The van der Waals surface area contributed by atoms with E-state index >= 15 is 0 Å². The van der Waals surface area contributed by atoms with Crippen molar-refractivity contribution in [3.8, 4) is 5.88 Å².